The van der Waals surface area contributed by atoms with Crippen molar-refractivity contribution in [1.82, 2.24) is 10.2 Å². The average Bonchev–Trinajstić information content (AvgIpc) is 2.67. The minimum atomic E-state index is 0.501. The van der Waals surface area contributed by atoms with Crippen LogP contribution in [0.3, 0.4) is 0 Å². The van der Waals surface area contributed by atoms with Gasteiger partial charge in [-0.15, -0.1) is 10.2 Å². The van der Waals surface area contributed by atoms with Gasteiger partial charge in [0.25, 0.3) is 0 Å². The lowest BCUT2D eigenvalue weighted by Gasteiger charge is -2.18. The maximum absolute atomic E-state index is 5.48. The Labute approximate surface area is 81.1 Å². The van der Waals surface area contributed by atoms with Crippen LogP contribution in [0.5, 0.6) is 0 Å². The third-order valence-electron chi connectivity index (χ3n) is 2.23. The van der Waals surface area contributed by atoms with Gasteiger partial charge in [-0.05, 0) is 12.8 Å². The van der Waals surface area contributed by atoms with Crippen LogP contribution < -0.4 is 5.73 Å². The largest absolute Gasteiger partial charge is 0.381 e. The maximum Gasteiger partial charge on any atom is 0.131 e. The van der Waals surface area contributed by atoms with Crippen LogP contribution in [0.25, 0.3) is 0 Å². The number of hydrogen-bond acceptors (Lipinski definition) is 5. The molecule has 1 saturated heterocycles. The van der Waals surface area contributed by atoms with Gasteiger partial charge in [0.05, 0.1) is 0 Å². The summed E-state index contributed by atoms with van der Waals surface area (Å²) in [6.07, 6.45) is 2.14. The van der Waals surface area contributed by atoms with Crippen molar-refractivity contribution in [3.63, 3.8) is 0 Å². The lowest BCUT2D eigenvalue weighted by Crippen LogP contribution is -2.13. The minimum absolute atomic E-state index is 0.501. The Hall–Kier alpha value is -0.520. The lowest BCUT2D eigenvalue weighted by molar-refractivity contribution is 0.0851. The van der Waals surface area contributed by atoms with Crippen molar-refractivity contribution in [2.24, 2.45) is 5.73 Å². The molecule has 0 aliphatic carbocycles. The van der Waals surface area contributed by atoms with Crippen LogP contribution in [0.4, 0.5) is 0 Å². The first-order chi connectivity index (χ1) is 6.40. The summed E-state index contributed by atoms with van der Waals surface area (Å²) in [6.45, 7) is 2.20. The minimum Gasteiger partial charge on any atom is -0.381 e. The number of rotatable bonds is 2. The van der Waals surface area contributed by atoms with Crippen molar-refractivity contribution >= 4 is 11.3 Å². The van der Waals surface area contributed by atoms with E-state index in [1.54, 1.807) is 11.3 Å². The summed E-state index contributed by atoms with van der Waals surface area (Å²) in [5, 5.41) is 10.2. The van der Waals surface area contributed by atoms with Crippen LogP contribution in [-0.4, -0.2) is 23.4 Å². The van der Waals surface area contributed by atoms with E-state index in [2.05, 4.69) is 10.2 Å². The second-order valence-corrected chi connectivity index (χ2v) is 4.22. The average molecular weight is 199 g/mol. The monoisotopic (exact) mass is 199 g/mol. The number of hydrogen-bond donors (Lipinski definition) is 1. The molecule has 0 spiro atoms. The van der Waals surface area contributed by atoms with Crippen molar-refractivity contribution < 1.29 is 4.74 Å². The highest BCUT2D eigenvalue weighted by molar-refractivity contribution is 7.11. The van der Waals surface area contributed by atoms with Gasteiger partial charge < -0.3 is 10.5 Å². The molecule has 2 N–H and O–H groups in total. The maximum atomic E-state index is 5.48. The summed E-state index contributed by atoms with van der Waals surface area (Å²) >= 11 is 1.64. The van der Waals surface area contributed by atoms with Crippen molar-refractivity contribution in [1.29, 1.82) is 0 Å². The Bertz CT molecular complexity index is 270. The predicted molar refractivity (Wildman–Crippen MR) is 50.6 cm³/mol. The van der Waals surface area contributed by atoms with E-state index in [4.69, 9.17) is 10.5 Å². The van der Waals surface area contributed by atoms with Gasteiger partial charge in [-0.1, -0.05) is 11.3 Å². The first-order valence-electron chi connectivity index (χ1n) is 4.50. The van der Waals surface area contributed by atoms with Gasteiger partial charge in [0, 0.05) is 25.7 Å². The molecule has 2 heterocycles. The molecular weight excluding hydrogens is 186 g/mol. The molecule has 1 aliphatic rings. The zero-order valence-corrected chi connectivity index (χ0v) is 8.22. The van der Waals surface area contributed by atoms with E-state index < -0.39 is 0 Å². The smallest absolute Gasteiger partial charge is 0.131 e. The van der Waals surface area contributed by atoms with Gasteiger partial charge in [0.1, 0.15) is 10.0 Å². The number of aromatic nitrogens is 2. The molecule has 13 heavy (non-hydrogen) atoms. The molecule has 0 bridgehead atoms. The fourth-order valence-corrected chi connectivity index (χ4v) is 2.35. The third-order valence-corrected chi connectivity index (χ3v) is 3.34. The van der Waals surface area contributed by atoms with Crippen LogP contribution in [0.1, 0.15) is 28.8 Å². The van der Waals surface area contributed by atoms with Crippen LogP contribution in [-0.2, 0) is 11.3 Å². The first-order valence-corrected chi connectivity index (χ1v) is 5.32. The SMILES string of the molecule is NCc1nnc(C2CCOCC2)s1. The van der Waals surface area contributed by atoms with Crippen LogP contribution in [0, 0.1) is 0 Å². The summed E-state index contributed by atoms with van der Waals surface area (Å²) in [5.74, 6) is 0.548. The molecule has 1 aromatic rings. The van der Waals surface area contributed by atoms with E-state index >= 15 is 0 Å². The van der Waals surface area contributed by atoms with Gasteiger partial charge >= 0.3 is 0 Å². The Morgan fingerprint density at radius 1 is 1.38 bits per heavy atom. The molecule has 0 atom stereocenters. The van der Waals surface area contributed by atoms with E-state index in [1.165, 1.54) is 0 Å². The van der Waals surface area contributed by atoms with Gasteiger partial charge in [0.15, 0.2) is 0 Å². The Kier molecular flexibility index (Phi) is 2.87. The molecule has 1 aromatic heterocycles. The Balaban J connectivity index is 2.05. The molecule has 1 aliphatic heterocycles. The quantitative estimate of drug-likeness (QED) is 0.768. The molecule has 0 saturated carbocycles. The molecule has 72 valence electrons. The van der Waals surface area contributed by atoms with Crippen molar-refractivity contribution in [3.8, 4) is 0 Å². The van der Waals surface area contributed by atoms with E-state index in [0.717, 1.165) is 36.1 Å². The van der Waals surface area contributed by atoms with Crippen molar-refractivity contribution in [3.05, 3.63) is 10.0 Å². The standard InChI is InChI=1S/C8H13N3OS/c9-5-7-10-11-8(13-7)6-1-3-12-4-2-6/h6H,1-5,9H2. The van der Waals surface area contributed by atoms with E-state index in [0.29, 0.717) is 12.5 Å². The van der Waals surface area contributed by atoms with Gasteiger partial charge in [-0.2, -0.15) is 0 Å². The molecule has 4 nitrogen and oxygen atoms in total. The summed E-state index contributed by atoms with van der Waals surface area (Å²) in [6, 6.07) is 0. The van der Waals surface area contributed by atoms with Crippen molar-refractivity contribution in [2.75, 3.05) is 13.2 Å². The second kappa shape index (κ2) is 4.13. The predicted octanol–water partition coefficient (Wildman–Crippen LogP) is 0.891. The Morgan fingerprint density at radius 2 is 2.15 bits per heavy atom. The fraction of sp³-hybridized carbons (Fsp3) is 0.750. The molecule has 0 radical (unpaired) electrons. The topological polar surface area (TPSA) is 61.0 Å². The van der Waals surface area contributed by atoms with E-state index in [1.807, 2.05) is 0 Å². The number of nitrogens with zero attached hydrogens (tertiary/aromatic N) is 2. The summed E-state index contributed by atoms with van der Waals surface area (Å²) < 4.78 is 5.29. The summed E-state index contributed by atoms with van der Waals surface area (Å²) in [5.41, 5.74) is 5.48. The highest BCUT2D eigenvalue weighted by Crippen LogP contribution is 2.28. The molecule has 1 fully saturated rings. The molecular formula is C8H13N3OS. The number of nitrogens with two attached hydrogens (primary N) is 1. The second-order valence-electron chi connectivity index (χ2n) is 3.12. The van der Waals surface area contributed by atoms with Crippen LogP contribution in [0.15, 0.2) is 0 Å². The highest BCUT2D eigenvalue weighted by atomic mass is 32.1. The lowest BCUT2D eigenvalue weighted by atomic mass is 10.0. The third kappa shape index (κ3) is 2.04. The van der Waals surface area contributed by atoms with Gasteiger partial charge in [-0.3, -0.25) is 0 Å². The van der Waals surface area contributed by atoms with Crippen molar-refractivity contribution in [2.45, 2.75) is 25.3 Å². The molecule has 2 rings (SSSR count). The Morgan fingerprint density at radius 3 is 2.77 bits per heavy atom. The van der Waals surface area contributed by atoms with Gasteiger partial charge in [0.2, 0.25) is 0 Å². The molecule has 5 heteroatoms. The molecule has 0 aromatic carbocycles. The first kappa shape index (κ1) is 9.05. The summed E-state index contributed by atoms with van der Waals surface area (Å²) in [7, 11) is 0. The fourth-order valence-electron chi connectivity index (χ4n) is 1.46. The normalized spacial score (nSPS) is 19.2. The van der Waals surface area contributed by atoms with E-state index in [-0.39, 0.29) is 0 Å². The van der Waals surface area contributed by atoms with Crippen LogP contribution >= 0.6 is 11.3 Å². The zero-order chi connectivity index (χ0) is 9.10. The highest BCUT2D eigenvalue weighted by Gasteiger charge is 2.19. The van der Waals surface area contributed by atoms with Crippen LogP contribution in [0.2, 0.25) is 0 Å². The van der Waals surface area contributed by atoms with Gasteiger partial charge in [-0.25, -0.2) is 0 Å². The summed E-state index contributed by atoms with van der Waals surface area (Å²) in [4.78, 5) is 0. The number of ether oxygens (including phenoxy) is 1. The zero-order valence-electron chi connectivity index (χ0n) is 7.40. The molecule has 0 amide bonds. The molecule has 0 unspecified atom stereocenters. The van der Waals surface area contributed by atoms with E-state index in [9.17, 15) is 0 Å².